The second-order valence-corrected chi connectivity index (χ2v) is 7.63. The number of amides is 2. The number of carbonyl (C=O) groups is 3. The molecular formula is C22H19N3O6S. The molecule has 1 aliphatic heterocycles. The van der Waals surface area contributed by atoms with Crippen LogP contribution >= 0.6 is 11.3 Å². The van der Waals surface area contributed by atoms with E-state index in [0.29, 0.717) is 22.2 Å². The summed E-state index contributed by atoms with van der Waals surface area (Å²) in [7, 11) is 0. The highest BCUT2D eigenvalue weighted by Crippen LogP contribution is 2.32. The Kier molecular flexibility index (Phi) is 6.31. The van der Waals surface area contributed by atoms with Crippen LogP contribution in [0.1, 0.15) is 17.3 Å². The number of nitrogens with zero attached hydrogens (tertiary/aromatic N) is 1. The molecule has 0 saturated heterocycles. The first-order chi connectivity index (χ1) is 15.5. The quantitative estimate of drug-likeness (QED) is 0.529. The van der Waals surface area contributed by atoms with Gasteiger partial charge < -0.3 is 19.5 Å². The van der Waals surface area contributed by atoms with Crippen LogP contribution in [0, 0.1) is 0 Å². The van der Waals surface area contributed by atoms with Crippen molar-refractivity contribution in [1.29, 1.82) is 0 Å². The van der Waals surface area contributed by atoms with E-state index in [4.69, 9.17) is 14.2 Å². The fourth-order valence-corrected chi connectivity index (χ4v) is 3.59. The molecule has 1 unspecified atom stereocenters. The molecule has 164 valence electrons. The number of fused-ring (bicyclic) bond motifs is 1. The van der Waals surface area contributed by atoms with Gasteiger partial charge in [0.15, 0.2) is 22.7 Å². The second-order valence-electron chi connectivity index (χ2n) is 6.78. The van der Waals surface area contributed by atoms with Crippen LogP contribution in [0.25, 0.3) is 11.3 Å². The number of esters is 1. The van der Waals surface area contributed by atoms with Gasteiger partial charge in [0.2, 0.25) is 6.79 Å². The van der Waals surface area contributed by atoms with Crippen molar-refractivity contribution in [2.75, 3.05) is 18.7 Å². The zero-order valence-corrected chi connectivity index (χ0v) is 17.8. The van der Waals surface area contributed by atoms with Gasteiger partial charge in [-0.25, -0.2) is 4.98 Å². The summed E-state index contributed by atoms with van der Waals surface area (Å²) in [6.07, 6.45) is -1.06. The maximum Gasteiger partial charge on any atom is 0.326 e. The molecule has 0 saturated carbocycles. The fraction of sp³-hybridized carbons (Fsp3) is 0.182. The number of anilines is 1. The van der Waals surface area contributed by atoms with E-state index in [2.05, 4.69) is 15.6 Å². The number of carbonyl (C=O) groups excluding carboxylic acids is 3. The van der Waals surface area contributed by atoms with Gasteiger partial charge in [0.1, 0.15) is 6.54 Å². The summed E-state index contributed by atoms with van der Waals surface area (Å²) in [5, 5.41) is 7.31. The van der Waals surface area contributed by atoms with Crippen LogP contribution < -0.4 is 20.1 Å². The first kappa shape index (κ1) is 21.3. The van der Waals surface area contributed by atoms with Crippen molar-refractivity contribution in [3.05, 3.63) is 59.5 Å². The lowest BCUT2D eigenvalue weighted by Crippen LogP contribution is -2.35. The summed E-state index contributed by atoms with van der Waals surface area (Å²) < 4.78 is 15.5. The molecule has 3 aromatic rings. The number of ether oxygens (including phenoxy) is 3. The molecule has 2 heterocycles. The van der Waals surface area contributed by atoms with Crippen molar-refractivity contribution in [3.8, 4) is 22.8 Å². The molecule has 0 spiro atoms. The van der Waals surface area contributed by atoms with Crippen LogP contribution in [0.3, 0.4) is 0 Å². The van der Waals surface area contributed by atoms with E-state index >= 15 is 0 Å². The number of rotatable bonds is 7. The van der Waals surface area contributed by atoms with Gasteiger partial charge in [0.25, 0.3) is 11.8 Å². The van der Waals surface area contributed by atoms with E-state index in [-0.39, 0.29) is 13.3 Å². The topological polar surface area (TPSA) is 116 Å². The average Bonchev–Trinajstić information content (AvgIpc) is 3.47. The van der Waals surface area contributed by atoms with Crippen LogP contribution in [0.5, 0.6) is 11.5 Å². The maximum atomic E-state index is 12.3. The molecule has 32 heavy (non-hydrogen) atoms. The van der Waals surface area contributed by atoms with Gasteiger partial charge in [-0.3, -0.25) is 19.7 Å². The summed E-state index contributed by atoms with van der Waals surface area (Å²) >= 11 is 1.27. The normalized spacial score (nSPS) is 12.7. The standard InChI is InChI=1S/C22H19N3O6S/c1-13(20(27)25-22-24-16(11-32-22)14-5-3-2-4-6-14)31-19(26)10-23-21(28)15-7-8-17-18(9-15)30-12-29-17/h2-9,11,13H,10,12H2,1H3,(H,23,28)(H,24,25,27). The first-order valence-corrected chi connectivity index (χ1v) is 10.6. The number of aromatic nitrogens is 1. The lowest BCUT2D eigenvalue weighted by atomic mass is 10.2. The Hall–Kier alpha value is -3.92. The molecule has 9 nitrogen and oxygen atoms in total. The molecule has 1 atom stereocenters. The minimum absolute atomic E-state index is 0.0985. The predicted molar refractivity (Wildman–Crippen MR) is 117 cm³/mol. The fourth-order valence-electron chi connectivity index (χ4n) is 2.86. The van der Waals surface area contributed by atoms with Gasteiger partial charge in [0, 0.05) is 16.5 Å². The third kappa shape index (κ3) is 5.03. The Morgan fingerprint density at radius 3 is 2.72 bits per heavy atom. The molecule has 0 aliphatic carbocycles. The zero-order valence-electron chi connectivity index (χ0n) is 17.0. The molecule has 0 bridgehead atoms. The molecule has 2 N–H and O–H groups in total. The number of thiazole rings is 1. The molecule has 10 heteroatoms. The largest absolute Gasteiger partial charge is 0.454 e. The van der Waals surface area contributed by atoms with Crippen LogP contribution in [0.2, 0.25) is 0 Å². The Morgan fingerprint density at radius 2 is 1.91 bits per heavy atom. The molecule has 0 fully saturated rings. The van der Waals surface area contributed by atoms with Gasteiger partial charge in [-0.15, -0.1) is 11.3 Å². The monoisotopic (exact) mass is 453 g/mol. The highest BCUT2D eigenvalue weighted by Gasteiger charge is 2.21. The first-order valence-electron chi connectivity index (χ1n) is 9.69. The van der Waals surface area contributed by atoms with E-state index in [1.54, 1.807) is 12.1 Å². The van der Waals surface area contributed by atoms with Crippen LogP contribution in [0.15, 0.2) is 53.9 Å². The molecular weight excluding hydrogens is 434 g/mol. The van der Waals surface area contributed by atoms with E-state index in [1.807, 2.05) is 35.7 Å². The summed E-state index contributed by atoms with van der Waals surface area (Å²) in [5.41, 5.74) is 1.98. The Morgan fingerprint density at radius 1 is 1.12 bits per heavy atom. The highest BCUT2D eigenvalue weighted by atomic mass is 32.1. The summed E-state index contributed by atoms with van der Waals surface area (Å²) in [4.78, 5) is 41.0. The Balaban J connectivity index is 1.25. The van der Waals surface area contributed by atoms with Crippen molar-refractivity contribution < 1.29 is 28.6 Å². The third-order valence-electron chi connectivity index (χ3n) is 4.51. The van der Waals surface area contributed by atoms with Crippen LogP contribution in [0.4, 0.5) is 5.13 Å². The SMILES string of the molecule is CC(OC(=O)CNC(=O)c1ccc2c(c1)OCO2)C(=O)Nc1nc(-c2ccccc2)cs1. The summed E-state index contributed by atoms with van der Waals surface area (Å²) in [5.74, 6) is -0.728. The Bertz CT molecular complexity index is 1150. The van der Waals surface area contributed by atoms with Gasteiger partial charge in [-0.2, -0.15) is 0 Å². The van der Waals surface area contributed by atoms with E-state index in [9.17, 15) is 14.4 Å². The number of nitrogens with one attached hydrogen (secondary N) is 2. The van der Waals surface area contributed by atoms with Gasteiger partial charge in [0.05, 0.1) is 5.69 Å². The second kappa shape index (κ2) is 9.48. The van der Waals surface area contributed by atoms with Crippen molar-refractivity contribution in [1.82, 2.24) is 10.3 Å². The highest BCUT2D eigenvalue weighted by molar-refractivity contribution is 7.14. The number of hydrogen-bond donors (Lipinski definition) is 2. The Labute approximate surface area is 187 Å². The van der Waals surface area contributed by atoms with Crippen molar-refractivity contribution >= 4 is 34.3 Å². The predicted octanol–water partition coefficient (Wildman–Crippen LogP) is 2.84. The van der Waals surface area contributed by atoms with E-state index < -0.39 is 23.9 Å². The number of benzene rings is 2. The minimum atomic E-state index is -1.06. The smallest absolute Gasteiger partial charge is 0.326 e. The maximum absolute atomic E-state index is 12.3. The summed E-state index contributed by atoms with van der Waals surface area (Å²) in [6, 6.07) is 14.3. The summed E-state index contributed by atoms with van der Waals surface area (Å²) in [6.45, 7) is 1.15. The van der Waals surface area contributed by atoms with Gasteiger partial charge in [-0.1, -0.05) is 30.3 Å². The average molecular weight is 453 g/mol. The van der Waals surface area contributed by atoms with Crippen LogP contribution in [-0.2, 0) is 14.3 Å². The van der Waals surface area contributed by atoms with Crippen molar-refractivity contribution in [2.45, 2.75) is 13.0 Å². The van der Waals surface area contributed by atoms with E-state index in [1.165, 1.54) is 24.3 Å². The van der Waals surface area contributed by atoms with Crippen molar-refractivity contribution in [3.63, 3.8) is 0 Å². The molecule has 2 amide bonds. The number of hydrogen-bond acceptors (Lipinski definition) is 8. The van der Waals surface area contributed by atoms with Gasteiger partial charge >= 0.3 is 5.97 Å². The lowest BCUT2D eigenvalue weighted by Gasteiger charge is -2.13. The lowest BCUT2D eigenvalue weighted by molar-refractivity contribution is -0.152. The minimum Gasteiger partial charge on any atom is -0.454 e. The van der Waals surface area contributed by atoms with E-state index in [0.717, 1.165) is 11.3 Å². The molecule has 2 aromatic carbocycles. The van der Waals surface area contributed by atoms with Gasteiger partial charge in [-0.05, 0) is 25.1 Å². The van der Waals surface area contributed by atoms with Crippen LogP contribution in [-0.4, -0.2) is 42.2 Å². The third-order valence-corrected chi connectivity index (χ3v) is 5.27. The van der Waals surface area contributed by atoms with Crippen molar-refractivity contribution in [2.24, 2.45) is 0 Å². The molecule has 1 aliphatic rings. The molecule has 0 radical (unpaired) electrons. The molecule has 4 rings (SSSR count). The zero-order chi connectivity index (χ0) is 22.5. The molecule has 1 aromatic heterocycles.